The first kappa shape index (κ1) is 20.0. The smallest absolute Gasteiger partial charge is 0.257 e. The Kier molecular flexibility index (Phi) is 5.96. The van der Waals surface area contributed by atoms with Crippen LogP contribution in [-0.2, 0) is 11.8 Å². The van der Waals surface area contributed by atoms with Crippen molar-refractivity contribution in [2.45, 2.75) is 38.3 Å². The summed E-state index contributed by atoms with van der Waals surface area (Å²) < 4.78 is 22.4. The molecule has 1 aromatic heterocycles. The van der Waals surface area contributed by atoms with Crippen molar-refractivity contribution in [1.82, 2.24) is 19.6 Å². The van der Waals surface area contributed by atoms with E-state index in [4.69, 9.17) is 4.74 Å². The molecular formula is C22H29FN4O2. The molecule has 0 saturated carbocycles. The minimum Gasteiger partial charge on any atom is -0.373 e. The van der Waals surface area contributed by atoms with Gasteiger partial charge in [0.15, 0.2) is 0 Å². The summed E-state index contributed by atoms with van der Waals surface area (Å²) in [7, 11) is 1.86. The third-order valence-electron chi connectivity index (χ3n) is 5.92. The van der Waals surface area contributed by atoms with Crippen LogP contribution >= 0.6 is 0 Å². The van der Waals surface area contributed by atoms with Crippen molar-refractivity contribution in [2.24, 2.45) is 7.05 Å². The van der Waals surface area contributed by atoms with Crippen molar-refractivity contribution in [1.29, 1.82) is 0 Å². The number of rotatable bonds is 4. The molecule has 0 spiro atoms. The Morgan fingerprint density at radius 3 is 2.72 bits per heavy atom. The number of carbonyl (C=O) groups is 1. The highest BCUT2D eigenvalue weighted by Crippen LogP contribution is 2.32. The normalized spacial score (nSPS) is 23.3. The van der Waals surface area contributed by atoms with E-state index >= 15 is 0 Å². The van der Waals surface area contributed by atoms with Crippen LogP contribution in [-0.4, -0.2) is 64.4 Å². The Morgan fingerprint density at radius 1 is 1.24 bits per heavy atom. The lowest BCUT2D eigenvalue weighted by Crippen LogP contribution is -2.52. The summed E-state index contributed by atoms with van der Waals surface area (Å²) >= 11 is 0. The zero-order chi connectivity index (χ0) is 20.4. The number of nitrogens with zero attached hydrogens (tertiary/aromatic N) is 4. The summed E-state index contributed by atoms with van der Waals surface area (Å²) in [5.41, 5.74) is 1.84. The molecule has 2 fully saturated rings. The molecule has 2 aromatic rings. The Labute approximate surface area is 171 Å². The quantitative estimate of drug-likeness (QED) is 0.792. The molecule has 4 rings (SSSR count). The van der Waals surface area contributed by atoms with E-state index in [1.165, 1.54) is 25.3 Å². The molecule has 0 radical (unpaired) electrons. The van der Waals surface area contributed by atoms with Crippen molar-refractivity contribution in [3.8, 4) is 0 Å². The average Bonchev–Trinajstić information content (AvgIpc) is 3.14. The molecule has 2 aliphatic heterocycles. The first-order valence-electron chi connectivity index (χ1n) is 10.4. The van der Waals surface area contributed by atoms with Crippen molar-refractivity contribution in [3.05, 3.63) is 53.1 Å². The molecule has 6 nitrogen and oxygen atoms in total. The van der Waals surface area contributed by atoms with Crippen LogP contribution in [0.5, 0.6) is 0 Å². The number of morpholine rings is 1. The van der Waals surface area contributed by atoms with E-state index in [1.54, 1.807) is 27.9 Å². The van der Waals surface area contributed by atoms with Crippen LogP contribution < -0.4 is 0 Å². The second-order valence-corrected chi connectivity index (χ2v) is 8.14. The molecule has 2 atom stereocenters. The molecule has 0 bridgehead atoms. The van der Waals surface area contributed by atoms with Gasteiger partial charge in [-0.15, -0.1) is 0 Å². The lowest BCUT2D eigenvalue weighted by molar-refractivity contribution is -0.0742. The Hall–Kier alpha value is -2.25. The number of aromatic nitrogens is 2. The van der Waals surface area contributed by atoms with Gasteiger partial charge in [-0.2, -0.15) is 5.10 Å². The van der Waals surface area contributed by atoms with Crippen LogP contribution in [0.2, 0.25) is 0 Å². The van der Waals surface area contributed by atoms with Gasteiger partial charge in [-0.25, -0.2) is 4.39 Å². The lowest BCUT2D eigenvalue weighted by Gasteiger charge is -2.43. The first-order valence-corrected chi connectivity index (χ1v) is 10.4. The van der Waals surface area contributed by atoms with Crippen LogP contribution in [0, 0.1) is 12.7 Å². The highest BCUT2D eigenvalue weighted by atomic mass is 19.1. The molecule has 2 saturated heterocycles. The third-order valence-corrected chi connectivity index (χ3v) is 5.92. The molecule has 7 heteroatoms. The van der Waals surface area contributed by atoms with Gasteiger partial charge in [0.2, 0.25) is 0 Å². The topological polar surface area (TPSA) is 50.6 Å². The van der Waals surface area contributed by atoms with Crippen molar-refractivity contribution in [3.63, 3.8) is 0 Å². The molecule has 1 aromatic carbocycles. The number of aryl methyl sites for hydroxylation is 2. The van der Waals surface area contributed by atoms with Gasteiger partial charge in [-0.3, -0.25) is 9.48 Å². The van der Waals surface area contributed by atoms with Crippen molar-refractivity contribution in [2.75, 3.05) is 32.8 Å². The van der Waals surface area contributed by atoms with Gasteiger partial charge >= 0.3 is 0 Å². The molecule has 0 unspecified atom stereocenters. The highest BCUT2D eigenvalue weighted by Gasteiger charge is 2.39. The summed E-state index contributed by atoms with van der Waals surface area (Å²) in [6, 6.07) is 4.49. The molecular weight excluding hydrogens is 371 g/mol. The van der Waals surface area contributed by atoms with E-state index in [2.05, 4.69) is 10.00 Å². The minimum atomic E-state index is -0.473. The summed E-state index contributed by atoms with van der Waals surface area (Å²) in [5.74, 6) is -0.762. The number of ether oxygens (including phenoxy) is 1. The van der Waals surface area contributed by atoms with Crippen molar-refractivity contribution < 1.29 is 13.9 Å². The fourth-order valence-electron chi connectivity index (χ4n) is 4.45. The zero-order valence-corrected chi connectivity index (χ0v) is 17.2. The fourth-order valence-corrected chi connectivity index (χ4v) is 4.45. The van der Waals surface area contributed by atoms with E-state index in [0.717, 1.165) is 30.8 Å². The van der Waals surface area contributed by atoms with E-state index in [0.29, 0.717) is 13.2 Å². The van der Waals surface area contributed by atoms with E-state index in [-0.39, 0.29) is 23.6 Å². The van der Waals surface area contributed by atoms with Crippen molar-refractivity contribution >= 4 is 5.91 Å². The monoisotopic (exact) mass is 400 g/mol. The number of benzene rings is 1. The molecule has 156 valence electrons. The van der Waals surface area contributed by atoms with Crippen LogP contribution in [0.1, 0.15) is 46.8 Å². The number of hydrogen-bond acceptors (Lipinski definition) is 4. The molecule has 0 aliphatic carbocycles. The fraction of sp³-hybridized carbons (Fsp3) is 0.545. The largest absolute Gasteiger partial charge is 0.373 e. The number of likely N-dealkylation sites (tertiary alicyclic amines) is 1. The first-order chi connectivity index (χ1) is 14.0. The summed E-state index contributed by atoms with van der Waals surface area (Å²) in [6.45, 7) is 5.58. The summed E-state index contributed by atoms with van der Waals surface area (Å²) in [5, 5.41) is 4.30. The predicted molar refractivity (Wildman–Crippen MR) is 108 cm³/mol. The summed E-state index contributed by atoms with van der Waals surface area (Å²) in [4.78, 5) is 17.5. The Morgan fingerprint density at radius 2 is 2.03 bits per heavy atom. The van der Waals surface area contributed by atoms with Gasteiger partial charge in [0, 0.05) is 31.9 Å². The molecule has 2 aliphatic rings. The Bertz CT molecular complexity index is 862. The predicted octanol–water partition coefficient (Wildman–Crippen LogP) is 2.94. The number of amides is 1. The number of hydrogen-bond donors (Lipinski definition) is 0. The number of carbonyl (C=O) groups excluding carboxylic acids is 1. The second-order valence-electron chi connectivity index (χ2n) is 8.14. The summed E-state index contributed by atoms with van der Waals surface area (Å²) in [6.07, 6.45) is 7.21. The van der Waals surface area contributed by atoms with E-state index in [9.17, 15) is 9.18 Å². The van der Waals surface area contributed by atoms with Gasteiger partial charge in [0.1, 0.15) is 5.82 Å². The maximum absolute atomic E-state index is 14.6. The highest BCUT2D eigenvalue weighted by molar-refractivity contribution is 5.95. The number of piperidine rings is 1. The molecule has 29 heavy (non-hydrogen) atoms. The van der Waals surface area contributed by atoms with Crippen LogP contribution in [0.25, 0.3) is 0 Å². The van der Waals surface area contributed by atoms with Crippen LogP contribution in [0.15, 0.2) is 30.6 Å². The maximum Gasteiger partial charge on any atom is 0.257 e. The van der Waals surface area contributed by atoms with Gasteiger partial charge in [-0.1, -0.05) is 12.5 Å². The third kappa shape index (κ3) is 4.36. The number of halogens is 1. The van der Waals surface area contributed by atoms with Crippen LogP contribution in [0.4, 0.5) is 4.39 Å². The lowest BCUT2D eigenvalue weighted by atomic mass is 9.98. The zero-order valence-electron chi connectivity index (χ0n) is 17.2. The van der Waals surface area contributed by atoms with Gasteiger partial charge in [0.05, 0.1) is 30.5 Å². The van der Waals surface area contributed by atoms with Crippen LogP contribution in [0.3, 0.4) is 0 Å². The minimum absolute atomic E-state index is 0.114. The van der Waals surface area contributed by atoms with E-state index < -0.39 is 5.82 Å². The molecule has 0 N–H and O–H groups in total. The van der Waals surface area contributed by atoms with Gasteiger partial charge < -0.3 is 14.5 Å². The SMILES string of the molecule is Cc1ccc(C(=O)N2CCO[C@@H](CN3CCCCC3)[C@@H]2c2cnn(C)c2)c(F)c1. The molecule has 1 amide bonds. The standard InChI is InChI=1S/C22H29FN4O2/c1-16-6-7-18(19(23)12-16)22(28)27-10-11-29-20(15-26-8-4-3-5-9-26)21(27)17-13-24-25(2)14-17/h6-7,12-14,20-21H,3-5,8-11,15H2,1-2H3/t20-,21-/m0/s1. The van der Waals surface area contributed by atoms with E-state index in [1.807, 2.05) is 20.2 Å². The Balaban J connectivity index is 1.64. The average molecular weight is 400 g/mol. The maximum atomic E-state index is 14.6. The van der Waals surface area contributed by atoms with Gasteiger partial charge in [0.25, 0.3) is 5.91 Å². The second kappa shape index (κ2) is 8.63. The molecule has 3 heterocycles. The van der Waals surface area contributed by atoms with Gasteiger partial charge in [-0.05, 0) is 50.6 Å².